The summed E-state index contributed by atoms with van der Waals surface area (Å²) in [6, 6.07) is 6.01. The van der Waals surface area contributed by atoms with Crippen LogP contribution >= 0.6 is 0 Å². The van der Waals surface area contributed by atoms with Gasteiger partial charge >= 0.3 is 0 Å². The summed E-state index contributed by atoms with van der Waals surface area (Å²) in [5.41, 5.74) is 5.42. The van der Waals surface area contributed by atoms with E-state index in [0.29, 0.717) is 0 Å². The Bertz CT molecular complexity index is 472. The summed E-state index contributed by atoms with van der Waals surface area (Å²) in [4.78, 5) is 0. The molecule has 0 spiro atoms. The number of nitrogens with one attached hydrogen (secondary N) is 1. The second kappa shape index (κ2) is 7.31. The zero-order valence-electron chi connectivity index (χ0n) is 12.3. The molecule has 0 saturated carbocycles. The molecule has 1 aromatic rings. The minimum atomic E-state index is 0.0490. The number of nitrogens with two attached hydrogens (primary N) is 1. The van der Waals surface area contributed by atoms with E-state index in [-0.39, 0.29) is 6.04 Å². The molecule has 110 valence electrons. The molecule has 4 nitrogen and oxygen atoms in total. The summed E-state index contributed by atoms with van der Waals surface area (Å²) >= 11 is 0. The van der Waals surface area contributed by atoms with Gasteiger partial charge in [0, 0.05) is 0 Å². The molecule has 0 fully saturated rings. The largest absolute Gasteiger partial charge is 0.493 e. The smallest absolute Gasteiger partial charge is 0.161 e. The quantitative estimate of drug-likeness (QED) is 0.493. The van der Waals surface area contributed by atoms with Gasteiger partial charge in [0.2, 0.25) is 0 Å². The maximum Gasteiger partial charge on any atom is 0.161 e. The van der Waals surface area contributed by atoms with Crippen molar-refractivity contribution in [3.63, 3.8) is 0 Å². The van der Waals surface area contributed by atoms with Gasteiger partial charge in [-0.2, -0.15) is 0 Å². The van der Waals surface area contributed by atoms with E-state index in [0.717, 1.165) is 29.9 Å². The third kappa shape index (κ3) is 3.32. The molecule has 2 rings (SSSR count). The summed E-state index contributed by atoms with van der Waals surface area (Å²) in [6.45, 7) is 0. The Balaban J connectivity index is 2.28. The highest BCUT2D eigenvalue weighted by Gasteiger charge is 2.18. The fourth-order valence-electron chi connectivity index (χ4n) is 2.75. The lowest BCUT2D eigenvalue weighted by Crippen LogP contribution is -2.29. The van der Waals surface area contributed by atoms with E-state index in [2.05, 4.69) is 11.5 Å². The molecule has 1 aromatic carbocycles. The van der Waals surface area contributed by atoms with E-state index < -0.39 is 0 Å². The summed E-state index contributed by atoms with van der Waals surface area (Å²) in [5, 5.41) is 0. The topological polar surface area (TPSA) is 56.5 Å². The molecule has 0 saturated heterocycles. The molecule has 1 aliphatic carbocycles. The molecule has 0 aliphatic heterocycles. The van der Waals surface area contributed by atoms with Crippen molar-refractivity contribution in [3.8, 4) is 11.5 Å². The normalized spacial score (nSPS) is 17.1. The van der Waals surface area contributed by atoms with Gasteiger partial charge in [-0.15, -0.1) is 0 Å². The van der Waals surface area contributed by atoms with Gasteiger partial charge < -0.3 is 9.47 Å². The third-order valence-corrected chi connectivity index (χ3v) is 3.85. The van der Waals surface area contributed by atoms with E-state index in [1.807, 2.05) is 18.2 Å². The molecule has 4 heteroatoms. The molecule has 0 heterocycles. The van der Waals surface area contributed by atoms with Crippen molar-refractivity contribution in [2.24, 2.45) is 5.84 Å². The molecule has 0 bridgehead atoms. The maximum atomic E-state index is 5.79. The SMILES string of the molecule is COc1ccc(C(NN)C2=CCCCCC2)cc1OC. The second-order valence-corrected chi connectivity index (χ2v) is 5.09. The minimum Gasteiger partial charge on any atom is -0.493 e. The van der Waals surface area contributed by atoms with Crippen LogP contribution in [0, 0.1) is 0 Å². The zero-order valence-corrected chi connectivity index (χ0v) is 12.3. The van der Waals surface area contributed by atoms with Crippen molar-refractivity contribution in [2.75, 3.05) is 14.2 Å². The Morgan fingerprint density at radius 1 is 1.10 bits per heavy atom. The highest BCUT2D eigenvalue weighted by Crippen LogP contribution is 2.34. The van der Waals surface area contributed by atoms with Crippen molar-refractivity contribution < 1.29 is 9.47 Å². The zero-order chi connectivity index (χ0) is 14.4. The lowest BCUT2D eigenvalue weighted by atomic mass is 9.95. The molecule has 3 N–H and O–H groups in total. The highest BCUT2D eigenvalue weighted by molar-refractivity contribution is 5.45. The Morgan fingerprint density at radius 2 is 1.90 bits per heavy atom. The molecule has 0 radical (unpaired) electrons. The van der Waals surface area contributed by atoms with Gasteiger partial charge in [-0.3, -0.25) is 5.84 Å². The van der Waals surface area contributed by atoms with Gasteiger partial charge in [-0.25, -0.2) is 5.43 Å². The maximum absolute atomic E-state index is 5.79. The lowest BCUT2D eigenvalue weighted by Gasteiger charge is -2.21. The van der Waals surface area contributed by atoms with Crippen LogP contribution in [0.25, 0.3) is 0 Å². The van der Waals surface area contributed by atoms with Crippen molar-refractivity contribution in [2.45, 2.75) is 38.1 Å². The minimum absolute atomic E-state index is 0.0490. The summed E-state index contributed by atoms with van der Waals surface area (Å²) < 4.78 is 10.6. The third-order valence-electron chi connectivity index (χ3n) is 3.85. The van der Waals surface area contributed by atoms with Gasteiger partial charge in [-0.1, -0.05) is 24.1 Å². The van der Waals surface area contributed by atoms with E-state index >= 15 is 0 Å². The van der Waals surface area contributed by atoms with Gasteiger partial charge in [0.25, 0.3) is 0 Å². The first-order valence-electron chi connectivity index (χ1n) is 7.17. The Hall–Kier alpha value is -1.52. The lowest BCUT2D eigenvalue weighted by molar-refractivity contribution is 0.354. The molecule has 1 unspecified atom stereocenters. The average Bonchev–Trinajstić information content (AvgIpc) is 2.77. The molecule has 1 atom stereocenters. The number of hydrogen-bond acceptors (Lipinski definition) is 4. The van der Waals surface area contributed by atoms with Crippen molar-refractivity contribution in [1.82, 2.24) is 5.43 Å². The molecule has 0 amide bonds. The Morgan fingerprint density at radius 3 is 2.60 bits per heavy atom. The number of hydrogen-bond donors (Lipinski definition) is 2. The van der Waals surface area contributed by atoms with E-state index in [1.54, 1.807) is 14.2 Å². The van der Waals surface area contributed by atoms with Crippen molar-refractivity contribution >= 4 is 0 Å². The number of allylic oxidation sites excluding steroid dienone is 1. The van der Waals surface area contributed by atoms with Crippen LogP contribution in [0.4, 0.5) is 0 Å². The van der Waals surface area contributed by atoms with Gasteiger partial charge in [0.05, 0.1) is 20.3 Å². The standard InChI is InChI=1S/C16H24N2O2/c1-19-14-10-9-13(11-15(14)20-2)16(18-17)12-7-5-3-4-6-8-12/h7,9-11,16,18H,3-6,8,17H2,1-2H3. The Labute approximate surface area is 120 Å². The first-order valence-corrected chi connectivity index (χ1v) is 7.17. The van der Waals surface area contributed by atoms with Crippen LogP contribution in [0.3, 0.4) is 0 Å². The van der Waals surface area contributed by atoms with Crippen LogP contribution in [0.2, 0.25) is 0 Å². The van der Waals surface area contributed by atoms with E-state index in [4.69, 9.17) is 15.3 Å². The highest BCUT2D eigenvalue weighted by atomic mass is 16.5. The van der Waals surface area contributed by atoms with Crippen LogP contribution in [-0.2, 0) is 0 Å². The predicted octanol–water partition coefficient (Wildman–Crippen LogP) is 3.10. The monoisotopic (exact) mass is 276 g/mol. The van der Waals surface area contributed by atoms with Crippen LogP contribution in [0.5, 0.6) is 11.5 Å². The second-order valence-electron chi connectivity index (χ2n) is 5.09. The number of ether oxygens (including phenoxy) is 2. The predicted molar refractivity (Wildman–Crippen MR) is 80.8 cm³/mol. The number of methoxy groups -OCH3 is 2. The molecule has 20 heavy (non-hydrogen) atoms. The van der Waals surface area contributed by atoms with Gasteiger partial charge in [0.15, 0.2) is 11.5 Å². The molecular weight excluding hydrogens is 252 g/mol. The summed E-state index contributed by atoms with van der Waals surface area (Å²) in [7, 11) is 3.29. The van der Waals surface area contributed by atoms with Crippen molar-refractivity contribution in [3.05, 3.63) is 35.4 Å². The first-order chi connectivity index (χ1) is 9.80. The average molecular weight is 276 g/mol. The van der Waals surface area contributed by atoms with E-state index in [9.17, 15) is 0 Å². The molecule has 0 aromatic heterocycles. The van der Waals surface area contributed by atoms with Crippen LogP contribution in [-0.4, -0.2) is 14.2 Å². The number of hydrazine groups is 1. The number of rotatable bonds is 5. The van der Waals surface area contributed by atoms with Gasteiger partial charge in [0.1, 0.15) is 0 Å². The summed E-state index contributed by atoms with van der Waals surface area (Å²) in [5.74, 6) is 7.26. The Kier molecular flexibility index (Phi) is 5.44. The molecule has 1 aliphatic rings. The number of benzene rings is 1. The van der Waals surface area contributed by atoms with Crippen LogP contribution in [0.1, 0.15) is 43.7 Å². The van der Waals surface area contributed by atoms with Crippen molar-refractivity contribution in [1.29, 1.82) is 0 Å². The fraction of sp³-hybridized carbons (Fsp3) is 0.500. The summed E-state index contributed by atoms with van der Waals surface area (Å²) in [6.07, 6.45) is 8.37. The van der Waals surface area contributed by atoms with Crippen LogP contribution < -0.4 is 20.7 Å². The fourth-order valence-corrected chi connectivity index (χ4v) is 2.75. The molecular formula is C16H24N2O2. The van der Waals surface area contributed by atoms with E-state index in [1.165, 1.54) is 24.8 Å². The van der Waals surface area contributed by atoms with Crippen LogP contribution in [0.15, 0.2) is 29.8 Å². The van der Waals surface area contributed by atoms with Gasteiger partial charge in [-0.05, 0) is 43.4 Å². The first kappa shape index (κ1) is 14.9.